The fourth-order valence-electron chi connectivity index (χ4n) is 2.58. The minimum absolute atomic E-state index is 0.396. The first-order chi connectivity index (χ1) is 8.19. The van der Waals surface area contributed by atoms with E-state index in [9.17, 15) is 0 Å². The average molecular weight is 234 g/mol. The largest absolute Gasteiger partial charge is 0.497 e. The van der Waals surface area contributed by atoms with Gasteiger partial charge < -0.3 is 10.5 Å². The van der Waals surface area contributed by atoms with Crippen LogP contribution in [0.15, 0.2) is 24.3 Å². The highest BCUT2D eigenvalue weighted by atomic mass is 16.5. The van der Waals surface area contributed by atoms with E-state index in [0.717, 1.165) is 25.1 Å². The molecule has 0 amide bonds. The van der Waals surface area contributed by atoms with Crippen LogP contribution in [0.4, 0.5) is 0 Å². The van der Waals surface area contributed by atoms with Crippen molar-refractivity contribution >= 4 is 0 Å². The summed E-state index contributed by atoms with van der Waals surface area (Å²) in [6.45, 7) is 0.967. The van der Waals surface area contributed by atoms with Crippen molar-refractivity contribution in [3.05, 3.63) is 29.8 Å². The summed E-state index contributed by atoms with van der Waals surface area (Å²) in [5.74, 6) is 0.930. The molecule has 1 fully saturated rings. The summed E-state index contributed by atoms with van der Waals surface area (Å²) in [5.41, 5.74) is 7.25. The van der Waals surface area contributed by atoms with Gasteiger partial charge in [0, 0.05) is 18.6 Å². The van der Waals surface area contributed by atoms with Crippen LogP contribution in [0.3, 0.4) is 0 Å². The predicted octanol–water partition coefficient (Wildman–Crippen LogP) is 2.01. The Labute approximate surface area is 104 Å². The van der Waals surface area contributed by atoms with E-state index < -0.39 is 0 Å². The first kappa shape index (κ1) is 12.4. The summed E-state index contributed by atoms with van der Waals surface area (Å²) in [6.07, 6.45) is 3.51. The number of methoxy groups -OCH3 is 1. The highest BCUT2D eigenvalue weighted by Gasteiger charge is 2.24. The summed E-state index contributed by atoms with van der Waals surface area (Å²) >= 11 is 0. The van der Waals surface area contributed by atoms with Crippen LogP contribution in [-0.2, 0) is 6.54 Å². The van der Waals surface area contributed by atoms with Crippen molar-refractivity contribution in [2.24, 2.45) is 5.73 Å². The van der Waals surface area contributed by atoms with E-state index in [1.807, 2.05) is 12.1 Å². The Morgan fingerprint density at radius 1 is 1.41 bits per heavy atom. The Bertz CT molecular complexity index is 367. The number of nitrogens with zero attached hydrogens (tertiary/aromatic N) is 1. The highest BCUT2D eigenvalue weighted by Crippen LogP contribution is 2.23. The Morgan fingerprint density at radius 2 is 2.24 bits per heavy atom. The van der Waals surface area contributed by atoms with Crippen molar-refractivity contribution in [2.45, 2.75) is 37.9 Å². The van der Waals surface area contributed by atoms with Crippen molar-refractivity contribution in [1.29, 1.82) is 0 Å². The van der Waals surface area contributed by atoms with E-state index in [4.69, 9.17) is 10.5 Å². The molecule has 94 valence electrons. The molecule has 1 aromatic carbocycles. The van der Waals surface area contributed by atoms with Crippen LogP contribution >= 0.6 is 0 Å². The van der Waals surface area contributed by atoms with Gasteiger partial charge in [0.05, 0.1) is 7.11 Å². The summed E-state index contributed by atoms with van der Waals surface area (Å²) < 4.78 is 5.24. The second kappa shape index (κ2) is 5.52. The Balaban J connectivity index is 1.95. The summed E-state index contributed by atoms with van der Waals surface area (Å²) in [6, 6.07) is 9.31. The molecule has 0 bridgehead atoms. The van der Waals surface area contributed by atoms with Gasteiger partial charge in [0.25, 0.3) is 0 Å². The van der Waals surface area contributed by atoms with Crippen molar-refractivity contribution in [3.8, 4) is 5.75 Å². The first-order valence-electron chi connectivity index (χ1n) is 6.28. The second-order valence-corrected chi connectivity index (χ2v) is 4.99. The van der Waals surface area contributed by atoms with Gasteiger partial charge in [0.2, 0.25) is 0 Å². The van der Waals surface area contributed by atoms with E-state index in [2.05, 4.69) is 24.1 Å². The SMILES string of the molecule is COc1cccc(CN(C)C2CCC(N)C2)c1. The predicted molar refractivity (Wildman–Crippen MR) is 70.1 cm³/mol. The van der Waals surface area contributed by atoms with Gasteiger partial charge in [0.15, 0.2) is 0 Å². The van der Waals surface area contributed by atoms with Crippen molar-refractivity contribution < 1.29 is 4.74 Å². The van der Waals surface area contributed by atoms with Gasteiger partial charge in [-0.2, -0.15) is 0 Å². The molecular formula is C14H22N2O. The number of nitrogens with two attached hydrogens (primary N) is 1. The lowest BCUT2D eigenvalue weighted by Crippen LogP contribution is -2.30. The van der Waals surface area contributed by atoms with Crippen LogP contribution in [0, 0.1) is 0 Å². The van der Waals surface area contributed by atoms with E-state index in [1.165, 1.54) is 12.0 Å². The molecule has 1 aromatic rings. The Kier molecular flexibility index (Phi) is 4.02. The molecule has 1 aliphatic rings. The van der Waals surface area contributed by atoms with Crippen LogP contribution < -0.4 is 10.5 Å². The topological polar surface area (TPSA) is 38.5 Å². The van der Waals surface area contributed by atoms with Gasteiger partial charge in [-0.15, -0.1) is 0 Å². The molecule has 3 heteroatoms. The molecule has 3 nitrogen and oxygen atoms in total. The number of rotatable bonds is 4. The molecule has 2 atom stereocenters. The minimum atomic E-state index is 0.396. The van der Waals surface area contributed by atoms with E-state index >= 15 is 0 Å². The summed E-state index contributed by atoms with van der Waals surface area (Å²) in [7, 11) is 3.89. The van der Waals surface area contributed by atoms with Gasteiger partial charge in [-0.25, -0.2) is 0 Å². The third-order valence-electron chi connectivity index (χ3n) is 3.63. The quantitative estimate of drug-likeness (QED) is 0.866. The Hall–Kier alpha value is -1.06. The maximum absolute atomic E-state index is 5.96. The molecule has 2 rings (SSSR count). The van der Waals surface area contributed by atoms with Gasteiger partial charge >= 0.3 is 0 Å². The minimum Gasteiger partial charge on any atom is -0.497 e. The second-order valence-electron chi connectivity index (χ2n) is 4.99. The molecule has 1 saturated carbocycles. The molecule has 0 saturated heterocycles. The molecule has 17 heavy (non-hydrogen) atoms. The normalized spacial score (nSPS) is 24.2. The zero-order chi connectivity index (χ0) is 12.3. The molecular weight excluding hydrogens is 212 g/mol. The van der Waals surface area contributed by atoms with Crippen LogP contribution in [0.2, 0.25) is 0 Å². The number of hydrogen-bond donors (Lipinski definition) is 1. The lowest BCUT2D eigenvalue weighted by molar-refractivity contribution is 0.235. The average Bonchev–Trinajstić information content (AvgIpc) is 2.76. The van der Waals surface area contributed by atoms with E-state index in [1.54, 1.807) is 7.11 Å². The zero-order valence-corrected chi connectivity index (χ0v) is 10.7. The zero-order valence-electron chi connectivity index (χ0n) is 10.7. The van der Waals surface area contributed by atoms with E-state index in [0.29, 0.717) is 12.1 Å². The molecule has 0 aliphatic heterocycles. The van der Waals surface area contributed by atoms with E-state index in [-0.39, 0.29) is 0 Å². The maximum atomic E-state index is 5.96. The lowest BCUT2D eigenvalue weighted by Gasteiger charge is -2.24. The summed E-state index contributed by atoms with van der Waals surface area (Å²) in [5, 5.41) is 0. The lowest BCUT2D eigenvalue weighted by atomic mass is 10.1. The first-order valence-corrected chi connectivity index (χ1v) is 6.28. The number of hydrogen-bond acceptors (Lipinski definition) is 3. The molecule has 2 unspecified atom stereocenters. The molecule has 0 heterocycles. The Morgan fingerprint density at radius 3 is 2.88 bits per heavy atom. The van der Waals surface area contributed by atoms with Crippen LogP contribution in [0.25, 0.3) is 0 Å². The van der Waals surface area contributed by atoms with Crippen molar-refractivity contribution in [2.75, 3.05) is 14.2 Å². The molecule has 0 radical (unpaired) electrons. The monoisotopic (exact) mass is 234 g/mol. The van der Waals surface area contributed by atoms with Gasteiger partial charge in [0.1, 0.15) is 5.75 Å². The van der Waals surface area contributed by atoms with Crippen LogP contribution in [0.1, 0.15) is 24.8 Å². The molecule has 2 N–H and O–H groups in total. The van der Waals surface area contributed by atoms with Gasteiger partial charge in [-0.3, -0.25) is 4.90 Å². The number of ether oxygens (including phenoxy) is 1. The fraction of sp³-hybridized carbons (Fsp3) is 0.571. The molecule has 1 aliphatic carbocycles. The fourth-order valence-corrected chi connectivity index (χ4v) is 2.58. The molecule has 0 spiro atoms. The smallest absolute Gasteiger partial charge is 0.119 e. The highest BCUT2D eigenvalue weighted by molar-refractivity contribution is 5.28. The maximum Gasteiger partial charge on any atom is 0.119 e. The number of benzene rings is 1. The standard InChI is InChI=1S/C14H22N2O/c1-16(13-7-6-12(15)9-13)10-11-4-3-5-14(8-11)17-2/h3-5,8,12-13H,6-7,9-10,15H2,1-2H3. The molecule has 0 aromatic heterocycles. The van der Waals surface area contributed by atoms with Gasteiger partial charge in [-0.05, 0) is 44.0 Å². The van der Waals surface area contributed by atoms with Crippen LogP contribution in [-0.4, -0.2) is 31.1 Å². The van der Waals surface area contributed by atoms with Crippen LogP contribution in [0.5, 0.6) is 5.75 Å². The van der Waals surface area contributed by atoms with Crippen molar-refractivity contribution in [3.63, 3.8) is 0 Å². The third-order valence-corrected chi connectivity index (χ3v) is 3.63. The van der Waals surface area contributed by atoms with Gasteiger partial charge in [-0.1, -0.05) is 12.1 Å². The third kappa shape index (κ3) is 3.20. The summed E-state index contributed by atoms with van der Waals surface area (Å²) in [4.78, 5) is 2.40. The van der Waals surface area contributed by atoms with Crippen molar-refractivity contribution in [1.82, 2.24) is 4.90 Å².